The Morgan fingerprint density at radius 2 is 2.00 bits per heavy atom. The number of carboxylic acid groups (broad SMARTS) is 1. The normalized spacial score (nSPS) is 10.6. The molecule has 0 atom stereocenters. The summed E-state index contributed by atoms with van der Waals surface area (Å²) in [5, 5.41) is 22.7. The molecule has 0 aliphatic carbocycles. The van der Waals surface area contributed by atoms with Gasteiger partial charge in [-0.2, -0.15) is 0 Å². The van der Waals surface area contributed by atoms with Gasteiger partial charge in [-0.25, -0.2) is 14.7 Å². The van der Waals surface area contributed by atoms with Crippen LogP contribution >= 0.6 is 12.0 Å². The van der Waals surface area contributed by atoms with Gasteiger partial charge >= 0.3 is 5.97 Å². The van der Waals surface area contributed by atoms with Gasteiger partial charge in [0, 0.05) is 11.0 Å². The largest absolute Gasteiger partial charge is 0.477 e. The Bertz CT molecular complexity index is 632. The molecule has 0 aliphatic rings. The zero-order valence-corrected chi connectivity index (χ0v) is 10.1. The molecule has 8 nitrogen and oxygen atoms in total. The summed E-state index contributed by atoms with van der Waals surface area (Å²) < 4.78 is 5.34. The number of rotatable bonds is 5. The van der Waals surface area contributed by atoms with Crippen molar-refractivity contribution in [2.75, 3.05) is 0 Å². The van der Waals surface area contributed by atoms with Crippen LogP contribution in [0.5, 0.6) is 0 Å². The number of aromatic nitrogens is 2. The van der Waals surface area contributed by atoms with Crippen molar-refractivity contribution in [1.29, 1.82) is 0 Å². The van der Waals surface area contributed by atoms with Crippen molar-refractivity contribution in [2.45, 2.75) is 4.90 Å². The monoisotopic (exact) mass is 284 g/mol. The molecule has 0 unspecified atom stereocenters. The van der Waals surface area contributed by atoms with Gasteiger partial charge in [-0.05, 0) is 24.3 Å². The summed E-state index contributed by atoms with van der Waals surface area (Å²) >= 11 is 0.775. The predicted octanol–water partition coefficient (Wildman–Crippen LogP) is 1.29. The summed E-state index contributed by atoms with van der Waals surface area (Å²) in [6, 6.07) is 7.35. The highest BCUT2D eigenvalue weighted by molar-refractivity contribution is 7.94. The molecule has 1 aromatic carbocycles. The summed E-state index contributed by atoms with van der Waals surface area (Å²) in [7, 11) is 0. The Morgan fingerprint density at radius 1 is 1.32 bits per heavy atom. The Hall–Kier alpha value is -2.07. The lowest BCUT2D eigenvalue weighted by atomic mass is 10.3. The minimum atomic E-state index is -1.21. The summed E-state index contributed by atoms with van der Waals surface area (Å²) in [5.41, 5.74) is -0.208. The van der Waals surface area contributed by atoms with Crippen LogP contribution in [0.4, 0.5) is 0 Å². The lowest BCUT2D eigenvalue weighted by molar-refractivity contribution is -0.432. The van der Waals surface area contributed by atoms with Crippen LogP contribution < -0.4 is 5.56 Å². The molecular formula is C10H8N2O6S. The number of aromatic amines is 1. The van der Waals surface area contributed by atoms with Crippen LogP contribution in [0.3, 0.4) is 0 Å². The first-order valence-corrected chi connectivity index (χ1v) is 5.66. The van der Waals surface area contributed by atoms with E-state index in [0.29, 0.717) is 10.6 Å². The van der Waals surface area contributed by atoms with Crippen molar-refractivity contribution in [1.82, 2.24) is 9.78 Å². The van der Waals surface area contributed by atoms with Crippen LogP contribution in [0, 0.1) is 0 Å². The number of hydrogen-bond acceptors (Lipinski definition) is 6. The number of nitrogens with zero attached hydrogens (tertiary/aromatic N) is 1. The van der Waals surface area contributed by atoms with Crippen molar-refractivity contribution in [3.05, 3.63) is 46.4 Å². The standard InChI is InChI=1S/C10H8N2O6S/c13-9-5-8(10(14)15)11-12(9)6-1-3-7(4-2-6)19-18-17-16/h1-5,11,16H,(H,14,15). The van der Waals surface area contributed by atoms with E-state index in [9.17, 15) is 9.59 Å². The fourth-order valence-electron chi connectivity index (χ4n) is 1.40. The van der Waals surface area contributed by atoms with Crippen LogP contribution in [-0.2, 0) is 9.37 Å². The molecule has 19 heavy (non-hydrogen) atoms. The molecule has 100 valence electrons. The van der Waals surface area contributed by atoms with Gasteiger partial charge in [0.25, 0.3) is 5.56 Å². The fourth-order valence-corrected chi connectivity index (χ4v) is 1.76. The van der Waals surface area contributed by atoms with Gasteiger partial charge in [-0.15, -0.1) is 4.33 Å². The second-order valence-corrected chi connectivity index (χ2v) is 4.14. The molecule has 0 fully saturated rings. The van der Waals surface area contributed by atoms with E-state index in [2.05, 4.69) is 14.5 Å². The van der Waals surface area contributed by atoms with E-state index in [-0.39, 0.29) is 5.69 Å². The van der Waals surface area contributed by atoms with E-state index in [1.165, 1.54) is 0 Å². The number of hydrogen-bond donors (Lipinski definition) is 3. The first-order chi connectivity index (χ1) is 9.11. The average Bonchev–Trinajstić information content (AvgIpc) is 2.79. The number of carboxylic acids is 1. The van der Waals surface area contributed by atoms with Crippen LogP contribution in [-0.4, -0.2) is 26.1 Å². The Balaban J connectivity index is 2.27. The molecule has 0 bridgehead atoms. The van der Waals surface area contributed by atoms with Crippen LogP contribution in [0.2, 0.25) is 0 Å². The maximum atomic E-state index is 11.6. The van der Waals surface area contributed by atoms with Gasteiger partial charge in [-0.3, -0.25) is 9.89 Å². The molecule has 0 spiro atoms. The van der Waals surface area contributed by atoms with Crippen molar-refractivity contribution in [3.8, 4) is 5.69 Å². The maximum absolute atomic E-state index is 11.6. The van der Waals surface area contributed by atoms with E-state index < -0.39 is 11.5 Å². The number of carbonyl (C=O) groups is 1. The first-order valence-electron chi connectivity index (χ1n) is 4.92. The van der Waals surface area contributed by atoms with E-state index in [1.807, 2.05) is 0 Å². The summed E-state index contributed by atoms with van der Waals surface area (Å²) in [4.78, 5) is 22.9. The highest BCUT2D eigenvalue weighted by atomic mass is 32.2. The molecule has 0 radical (unpaired) electrons. The Morgan fingerprint density at radius 3 is 2.53 bits per heavy atom. The highest BCUT2D eigenvalue weighted by Gasteiger charge is 2.10. The summed E-state index contributed by atoms with van der Waals surface area (Å²) in [6.45, 7) is 0. The van der Waals surface area contributed by atoms with E-state index in [0.717, 1.165) is 22.8 Å². The molecule has 0 aliphatic heterocycles. The van der Waals surface area contributed by atoms with Crippen molar-refractivity contribution in [2.24, 2.45) is 0 Å². The predicted molar refractivity (Wildman–Crippen MR) is 64.0 cm³/mol. The van der Waals surface area contributed by atoms with E-state index in [1.54, 1.807) is 24.3 Å². The summed E-state index contributed by atoms with van der Waals surface area (Å²) in [6.07, 6.45) is 0. The van der Waals surface area contributed by atoms with Gasteiger partial charge < -0.3 is 5.11 Å². The van der Waals surface area contributed by atoms with Crippen LogP contribution in [0.25, 0.3) is 5.69 Å². The second-order valence-electron chi connectivity index (χ2n) is 3.37. The van der Waals surface area contributed by atoms with Crippen molar-refractivity contribution in [3.63, 3.8) is 0 Å². The molecule has 1 heterocycles. The molecule has 0 saturated heterocycles. The summed E-state index contributed by atoms with van der Waals surface area (Å²) in [5.74, 6) is -1.21. The molecular weight excluding hydrogens is 276 g/mol. The Labute approximate surface area is 110 Å². The molecule has 1 aromatic heterocycles. The number of H-pyrrole nitrogens is 1. The average molecular weight is 284 g/mol. The molecule has 9 heteroatoms. The van der Waals surface area contributed by atoms with Gasteiger partial charge in [0.05, 0.1) is 17.7 Å². The number of aromatic carboxylic acids is 1. The third-order valence-corrected chi connectivity index (χ3v) is 2.80. The third kappa shape index (κ3) is 3.03. The maximum Gasteiger partial charge on any atom is 0.353 e. The second kappa shape index (κ2) is 5.71. The third-order valence-electron chi connectivity index (χ3n) is 2.21. The van der Waals surface area contributed by atoms with E-state index in [4.69, 9.17) is 10.4 Å². The van der Waals surface area contributed by atoms with Crippen LogP contribution in [0.15, 0.2) is 40.0 Å². The molecule has 2 rings (SSSR count). The zero-order valence-electron chi connectivity index (χ0n) is 9.27. The van der Waals surface area contributed by atoms with Gasteiger partial charge in [-0.1, -0.05) is 5.04 Å². The molecule has 2 aromatic rings. The fraction of sp³-hybridized carbons (Fsp3) is 0. The number of benzene rings is 1. The van der Waals surface area contributed by atoms with Crippen LogP contribution in [0.1, 0.15) is 10.5 Å². The topological polar surface area (TPSA) is 114 Å². The highest BCUT2D eigenvalue weighted by Crippen LogP contribution is 2.20. The van der Waals surface area contributed by atoms with Crippen molar-refractivity contribution < 1.29 is 24.5 Å². The molecule has 0 saturated carbocycles. The minimum absolute atomic E-state index is 0.194. The zero-order chi connectivity index (χ0) is 13.8. The molecule has 3 N–H and O–H groups in total. The molecule has 0 amide bonds. The van der Waals surface area contributed by atoms with Crippen molar-refractivity contribution >= 4 is 18.0 Å². The minimum Gasteiger partial charge on any atom is -0.477 e. The van der Waals surface area contributed by atoms with Gasteiger partial charge in [0.1, 0.15) is 5.69 Å². The first kappa shape index (κ1) is 13.4. The smallest absolute Gasteiger partial charge is 0.353 e. The lowest BCUT2D eigenvalue weighted by Crippen LogP contribution is -2.13. The number of nitrogens with one attached hydrogen (secondary N) is 1. The Kier molecular flexibility index (Phi) is 4.02. The van der Waals surface area contributed by atoms with Gasteiger partial charge in [0.15, 0.2) is 0 Å². The SMILES string of the molecule is O=C(O)c1cc(=O)n(-c2ccc(SOOO)cc2)[nH]1. The quantitative estimate of drug-likeness (QED) is 0.430. The lowest BCUT2D eigenvalue weighted by Gasteiger charge is -2.02. The van der Waals surface area contributed by atoms with E-state index >= 15 is 0 Å². The van der Waals surface area contributed by atoms with Gasteiger partial charge in [0.2, 0.25) is 0 Å².